The Morgan fingerprint density at radius 3 is 2.65 bits per heavy atom. The van der Waals surface area contributed by atoms with Gasteiger partial charge in [-0.25, -0.2) is 12.8 Å². The van der Waals surface area contributed by atoms with Gasteiger partial charge >= 0.3 is 5.97 Å². The predicted molar refractivity (Wildman–Crippen MR) is 58.8 cm³/mol. The van der Waals surface area contributed by atoms with Crippen molar-refractivity contribution in [2.75, 3.05) is 0 Å². The zero-order valence-electron chi connectivity index (χ0n) is 8.65. The molecule has 0 saturated carbocycles. The Morgan fingerprint density at radius 1 is 1.53 bits per heavy atom. The van der Waals surface area contributed by atoms with E-state index in [0.29, 0.717) is 0 Å². The van der Waals surface area contributed by atoms with Gasteiger partial charge in [0.25, 0.3) is 0 Å². The number of benzene rings is 1. The van der Waals surface area contributed by atoms with E-state index in [1.54, 1.807) is 0 Å². The van der Waals surface area contributed by atoms with Gasteiger partial charge in [0, 0.05) is 0 Å². The highest BCUT2D eigenvalue weighted by Crippen LogP contribution is 2.22. The molecule has 94 valence electrons. The van der Waals surface area contributed by atoms with Crippen LogP contribution in [0.1, 0.15) is 6.92 Å². The van der Waals surface area contributed by atoms with Crippen molar-refractivity contribution in [2.24, 2.45) is 0 Å². The Hall–Kier alpha value is -1.18. The summed E-state index contributed by atoms with van der Waals surface area (Å²) in [7, 11) is -4.16. The van der Waals surface area contributed by atoms with Gasteiger partial charge in [-0.3, -0.25) is 4.79 Å². The number of nitrogens with one attached hydrogen (secondary N) is 1. The summed E-state index contributed by atoms with van der Waals surface area (Å²) in [5.41, 5.74) is 0. The van der Waals surface area contributed by atoms with Crippen LogP contribution in [0.4, 0.5) is 4.39 Å². The van der Waals surface area contributed by atoms with Crippen molar-refractivity contribution in [3.8, 4) is 0 Å². The molecule has 17 heavy (non-hydrogen) atoms. The maximum Gasteiger partial charge on any atom is 0.321 e. The minimum atomic E-state index is -4.16. The van der Waals surface area contributed by atoms with E-state index in [2.05, 4.69) is 0 Å². The normalized spacial score (nSPS) is 13.4. The summed E-state index contributed by atoms with van der Waals surface area (Å²) in [6.45, 7) is 1.15. The molecule has 2 N–H and O–H groups in total. The molecule has 5 nitrogen and oxygen atoms in total. The van der Waals surface area contributed by atoms with Crippen molar-refractivity contribution < 1.29 is 22.7 Å². The van der Waals surface area contributed by atoms with Crippen molar-refractivity contribution in [1.82, 2.24) is 4.72 Å². The number of hydrogen-bond donors (Lipinski definition) is 2. The topological polar surface area (TPSA) is 83.5 Å². The maximum absolute atomic E-state index is 12.9. The first-order valence-corrected chi connectivity index (χ1v) is 6.30. The number of aliphatic carboxylic acids is 1. The summed E-state index contributed by atoms with van der Waals surface area (Å²) in [6.07, 6.45) is 0. The molecule has 0 amide bonds. The van der Waals surface area contributed by atoms with E-state index in [-0.39, 0.29) is 5.02 Å². The molecule has 0 bridgehead atoms. The van der Waals surface area contributed by atoms with Gasteiger partial charge in [-0.1, -0.05) is 11.6 Å². The number of hydrogen-bond acceptors (Lipinski definition) is 3. The predicted octanol–water partition coefficient (Wildman–Crippen LogP) is 1.23. The minimum absolute atomic E-state index is 0.184. The van der Waals surface area contributed by atoms with E-state index in [0.717, 1.165) is 25.1 Å². The summed E-state index contributed by atoms with van der Waals surface area (Å²) in [5.74, 6) is -2.13. The molecule has 0 aliphatic rings. The highest BCUT2D eigenvalue weighted by atomic mass is 35.5. The largest absolute Gasteiger partial charge is 0.480 e. The smallest absolute Gasteiger partial charge is 0.321 e. The number of rotatable bonds is 4. The van der Waals surface area contributed by atoms with Crippen molar-refractivity contribution >= 4 is 27.6 Å². The zero-order chi connectivity index (χ0) is 13.2. The van der Waals surface area contributed by atoms with Gasteiger partial charge in [0.05, 0.1) is 5.02 Å². The van der Waals surface area contributed by atoms with Gasteiger partial charge < -0.3 is 5.11 Å². The fourth-order valence-electron chi connectivity index (χ4n) is 1.03. The van der Waals surface area contributed by atoms with Gasteiger partial charge in [-0.2, -0.15) is 4.72 Å². The average Bonchev–Trinajstić information content (AvgIpc) is 2.20. The Morgan fingerprint density at radius 2 is 2.12 bits per heavy atom. The second-order valence-corrected chi connectivity index (χ2v) is 5.35. The maximum atomic E-state index is 12.9. The van der Waals surface area contributed by atoms with Crippen molar-refractivity contribution in [2.45, 2.75) is 17.9 Å². The summed E-state index contributed by atoms with van der Waals surface area (Å²) in [4.78, 5) is 10.0. The first-order chi connectivity index (χ1) is 7.74. The van der Waals surface area contributed by atoms with Crippen molar-refractivity contribution in [1.29, 1.82) is 0 Å². The van der Waals surface area contributed by atoms with Crippen LogP contribution in [0.3, 0.4) is 0 Å². The number of carboxylic acids is 1. The minimum Gasteiger partial charge on any atom is -0.480 e. The molecule has 1 unspecified atom stereocenters. The lowest BCUT2D eigenvalue weighted by atomic mass is 10.3. The molecule has 0 aromatic heterocycles. The van der Waals surface area contributed by atoms with E-state index < -0.39 is 32.7 Å². The lowest BCUT2D eigenvalue weighted by molar-refractivity contribution is -0.138. The standard InChI is InChI=1S/C9H9ClFNO4S/c1-5(9(13)14)12-17(15,16)8-4-6(11)2-3-7(8)10/h2-5,12H,1H3,(H,13,14). The van der Waals surface area contributed by atoms with Gasteiger partial charge in [-0.15, -0.1) is 0 Å². The third-order valence-electron chi connectivity index (χ3n) is 1.89. The first-order valence-electron chi connectivity index (χ1n) is 4.44. The van der Waals surface area contributed by atoms with Gasteiger partial charge in [-0.05, 0) is 25.1 Å². The van der Waals surface area contributed by atoms with E-state index >= 15 is 0 Å². The summed E-state index contributed by atoms with van der Waals surface area (Å²) in [5, 5.41) is 8.40. The molecule has 1 aromatic carbocycles. The summed E-state index contributed by atoms with van der Waals surface area (Å²) >= 11 is 5.61. The van der Waals surface area contributed by atoms with Crippen LogP contribution in [-0.2, 0) is 14.8 Å². The number of carbonyl (C=O) groups is 1. The molecule has 0 heterocycles. The second-order valence-electron chi connectivity index (χ2n) is 3.26. The zero-order valence-corrected chi connectivity index (χ0v) is 10.2. The van der Waals surface area contributed by atoms with E-state index in [9.17, 15) is 17.6 Å². The lowest BCUT2D eigenvalue weighted by Gasteiger charge is -2.11. The molecular weight excluding hydrogens is 273 g/mol. The molecule has 1 aromatic rings. The molecule has 0 saturated heterocycles. The Kier molecular flexibility index (Phi) is 4.07. The van der Waals surface area contributed by atoms with E-state index in [1.807, 2.05) is 4.72 Å². The molecular formula is C9H9ClFNO4S. The van der Waals surface area contributed by atoms with Crippen molar-refractivity contribution in [3.05, 3.63) is 29.0 Å². The highest BCUT2D eigenvalue weighted by Gasteiger charge is 2.24. The van der Waals surface area contributed by atoms with Gasteiger partial charge in [0.1, 0.15) is 16.8 Å². The average molecular weight is 282 g/mol. The Labute approximate surface area is 102 Å². The molecule has 0 spiro atoms. The summed E-state index contributed by atoms with van der Waals surface area (Å²) in [6, 6.07) is 1.47. The fourth-order valence-corrected chi connectivity index (χ4v) is 2.74. The first kappa shape index (κ1) is 13.9. The van der Waals surface area contributed by atoms with Crippen LogP contribution >= 0.6 is 11.6 Å². The van der Waals surface area contributed by atoms with Crippen LogP contribution in [-0.4, -0.2) is 25.5 Å². The highest BCUT2D eigenvalue weighted by molar-refractivity contribution is 7.89. The SMILES string of the molecule is CC(NS(=O)(=O)c1cc(F)ccc1Cl)C(=O)O. The quantitative estimate of drug-likeness (QED) is 0.869. The monoisotopic (exact) mass is 281 g/mol. The van der Waals surface area contributed by atoms with Crippen LogP contribution in [0.15, 0.2) is 23.1 Å². The van der Waals surface area contributed by atoms with Crippen LogP contribution in [0.5, 0.6) is 0 Å². The van der Waals surface area contributed by atoms with Crippen LogP contribution in [0.2, 0.25) is 5.02 Å². The number of halogens is 2. The van der Waals surface area contributed by atoms with E-state index in [1.165, 1.54) is 0 Å². The van der Waals surface area contributed by atoms with Crippen molar-refractivity contribution in [3.63, 3.8) is 0 Å². The fraction of sp³-hybridized carbons (Fsp3) is 0.222. The molecule has 0 aliphatic carbocycles. The molecule has 8 heteroatoms. The van der Waals surface area contributed by atoms with Crippen LogP contribution < -0.4 is 4.72 Å². The molecule has 0 fully saturated rings. The number of sulfonamides is 1. The lowest BCUT2D eigenvalue weighted by Crippen LogP contribution is -2.38. The Balaban J connectivity index is 3.13. The number of carboxylic acid groups (broad SMARTS) is 1. The Bertz CT molecular complexity index is 546. The van der Waals surface area contributed by atoms with E-state index in [4.69, 9.17) is 16.7 Å². The third kappa shape index (κ3) is 3.39. The van der Waals surface area contributed by atoms with Gasteiger partial charge in [0.15, 0.2) is 0 Å². The second kappa shape index (κ2) is 4.99. The molecule has 1 rings (SSSR count). The molecule has 1 atom stereocenters. The van der Waals surface area contributed by atoms with Crippen LogP contribution in [0.25, 0.3) is 0 Å². The van der Waals surface area contributed by atoms with Crippen LogP contribution in [0, 0.1) is 5.82 Å². The summed E-state index contributed by atoms with van der Waals surface area (Å²) < 4.78 is 38.2. The molecule has 0 radical (unpaired) electrons. The third-order valence-corrected chi connectivity index (χ3v) is 3.91. The van der Waals surface area contributed by atoms with Gasteiger partial charge in [0.2, 0.25) is 10.0 Å². The molecule has 0 aliphatic heterocycles.